The quantitative estimate of drug-likeness (QED) is 0.483. The molecule has 7 heteroatoms. The second-order valence-electron chi connectivity index (χ2n) is 10.1. The first-order valence-electron chi connectivity index (χ1n) is 10.9. The van der Waals surface area contributed by atoms with E-state index in [2.05, 4.69) is 33.0 Å². The van der Waals surface area contributed by atoms with Crippen molar-refractivity contribution in [2.45, 2.75) is 80.0 Å². The predicted octanol–water partition coefficient (Wildman–Crippen LogP) is 4.83. The van der Waals surface area contributed by atoms with Gasteiger partial charge in [0.2, 0.25) is 0 Å². The van der Waals surface area contributed by atoms with Crippen LogP contribution >= 0.6 is 0 Å². The Morgan fingerprint density at radius 2 is 1.81 bits per heavy atom. The Morgan fingerprint density at radius 1 is 1.13 bits per heavy atom. The van der Waals surface area contributed by atoms with Crippen molar-refractivity contribution in [3.05, 3.63) is 34.2 Å². The molecule has 1 amide bonds. The molecule has 0 aliphatic rings. The van der Waals surface area contributed by atoms with Crippen LogP contribution in [-0.4, -0.2) is 22.9 Å². The van der Waals surface area contributed by atoms with Crippen molar-refractivity contribution in [3.63, 3.8) is 0 Å². The van der Waals surface area contributed by atoms with Crippen LogP contribution in [-0.2, 0) is 17.8 Å². The number of ether oxygens (including phenoxy) is 2. The van der Waals surface area contributed by atoms with Gasteiger partial charge >= 0.3 is 6.09 Å². The minimum Gasteiger partial charge on any atom is -0.491 e. The predicted molar refractivity (Wildman–Crippen MR) is 126 cm³/mol. The fraction of sp³-hybridized carbons (Fsp3) is 0.583. The van der Waals surface area contributed by atoms with Gasteiger partial charge < -0.3 is 25.1 Å². The summed E-state index contributed by atoms with van der Waals surface area (Å²) in [5.74, 6) is 0.579. The van der Waals surface area contributed by atoms with E-state index in [1.54, 1.807) is 43.5 Å². The Labute approximate surface area is 184 Å². The number of nitrogens with zero attached hydrogens (tertiary/aromatic N) is 1. The molecule has 1 aromatic heterocycles. The largest absolute Gasteiger partial charge is 0.491 e. The molecular formula is C24H37N3O4. The molecule has 0 saturated heterocycles. The second kappa shape index (κ2) is 9.62. The van der Waals surface area contributed by atoms with E-state index in [1.807, 2.05) is 0 Å². The van der Waals surface area contributed by atoms with Gasteiger partial charge in [-0.1, -0.05) is 34.1 Å². The topological polar surface area (TPSA) is 95.6 Å². The maximum atomic E-state index is 13.4. The van der Waals surface area contributed by atoms with Crippen LogP contribution in [0.3, 0.4) is 0 Å². The summed E-state index contributed by atoms with van der Waals surface area (Å²) < 4.78 is 13.3. The van der Waals surface area contributed by atoms with Gasteiger partial charge in [0.05, 0.1) is 24.2 Å². The SMILES string of the molecule is CCCCOc1c(CNC(=O)OC(C)(C)C)n(CC(C)(C)C)c(=O)c2ccc(N)cc12. The molecule has 0 aliphatic carbocycles. The van der Waals surface area contributed by atoms with Gasteiger partial charge in [-0.3, -0.25) is 4.79 Å². The fourth-order valence-corrected chi connectivity index (χ4v) is 3.25. The molecule has 0 fully saturated rings. The number of carbonyl (C=O) groups is 1. The number of hydrogen-bond acceptors (Lipinski definition) is 5. The van der Waals surface area contributed by atoms with Crippen molar-refractivity contribution < 1.29 is 14.3 Å². The van der Waals surface area contributed by atoms with E-state index in [-0.39, 0.29) is 17.5 Å². The number of aromatic nitrogens is 1. The highest BCUT2D eigenvalue weighted by Crippen LogP contribution is 2.31. The number of rotatable bonds is 7. The van der Waals surface area contributed by atoms with Crippen LogP contribution < -0.4 is 21.3 Å². The highest BCUT2D eigenvalue weighted by Gasteiger charge is 2.23. The molecule has 0 bridgehead atoms. The van der Waals surface area contributed by atoms with E-state index in [9.17, 15) is 9.59 Å². The molecule has 172 valence electrons. The number of nitrogens with one attached hydrogen (secondary N) is 1. The first-order valence-corrected chi connectivity index (χ1v) is 10.9. The van der Waals surface area contributed by atoms with Gasteiger partial charge in [0, 0.05) is 17.6 Å². The van der Waals surface area contributed by atoms with Gasteiger partial charge in [-0.05, 0) is 50.8 Å². The molecule has 3 N–H and O–H groups in total. The fourth-order valence-electron chi connectivity index (χ4n) is 3.25. The standard InChI is InChI=1S/C24H37N3O4/c1-8-9-12-30-20-18-13-16(25)10-11-17(18)21(28)27(15-23(2,3)4)19(20)14-26-22(29)31-24(5,6)7/h10-11,13H,8-9,12,14-15,25H2,1-7H3,(H,26,29). The Kier molecular flexibility index (Phi) is 7.63. The number of amides is 1. The smallest absolute Gasteiger partial charge is 0.407 e. The molecule has 7 nitrogen and oxygen atoms in total. The second-order valence-corrected chi connectivity index (χ2v) is 10.1. The number of carbonyl (C=O) groups excluding carboxylic acids is 1. The molecule has 0 aliphatic heterocycles. The van der Waals surface area contributed by atoms with Crippen LogP contribution in [0.5, 0.6) is 5.75 Å². The number of anilines is 1. The lowest BCUT2D eigenvalue weighted by atomic mass is 9.96. The van der Waals surface area contributed by atoms with Gasteiger partial charge in [0.1, 0.15) is 11.4 Å². The zero-order valence-corrected chi connectivity index (χ0v) is 19.9. The monoisotopic (exact) mass is 431 g/mol. The molecule has 31 heavy (non-hydrogen) atoms. The summed E-state index contributed by atoms with van der Waals surface area (Å²) in [6.45, 7) is 14.8. The summed E-state index contributed by atoms with van der Waals surface area (Å²) in [5, 5.41) is 3.99. The number of nitrogen functional groups attached to an aromatic ring is 1. The third kappa shape index (κ3) is 6.91. The van der Waals surface area contributed by atoms with E-state index in [1.165, 1.54) is 0 Å². The third-order valence-corrected chi connectivity index (χ3v) is 4.53. The van der Waals surface area contributed by atoms with Crippen molar-refractivity contribution in [1.29, 1.82) is 0 Å². The molecule has 2 aromatic rings. The van der Waals surface area contributed by atoms with Crippen LogP contribution in [0.4, 0.5) is 10.5 Å². The van der Waals surface area contributed by atoms with Crippen LogP contribution in [0.15, 0.2) is 23.0 Å². The zero-order valence-electron chi connectivity index (χ0n) is 19.9. The number of pyridine rings is 1. The molecule has 0 radical (unpaired) electrons. The maximum Gasteiger partial charge on any atom is 0.407 e. The average Bonchev–Trinajstić information content (AvgIpc) is 2.62. The molecule has 2 rings (SSSR count). The van der Waals surface area contributed by atoms with Crippen molar-refractivity contribution in [1.82, 2.24) is 9.88 Å². The van der Waals surface area contributed by atoms with Gasteiger partial charge in [-0.25, -0.2) is 4.79 Å². The van der Waals surface area contributed by atoms with Gasteiger partial charge in [-0.15, -0.1) is 0 Å². The van der Waals surface area contributed by atoms with E-state index < -0.39 is 11.7 Å². The number of fused-ring (bicyclic) bond motifs is 1. The van der Waals surface area contributed by atoms with Gasteiger partial charge in [-0.2, -0.15) is 0 Å². The Morgan fingerprint density at radius 3 is 2.39 bits per heavy atom. The minimum atomic E-state index is -0.618. The zero-order chi connectivity index (χ0) is 23.4. The third-order valence-electron chi connectivity index (χ3n) is 4.53. The first kappa shape index (κ1) is 24.6. The van der Waals surface area contributed by atoms with Gasteiger partial charge in [0.15, 0.2) is 0 Å². The molecule has 0 atom stereocenters. The van der Waals surface area contributed by atoms with Gasteiger partial charge in [0.25, 0.3) is 5.56 Å². The highest BCUT2D eigenvalue weighted by atomic mass is 16.6. The van der Waals surface area contributed by atoms with E-state index in [0.717, 1.165) is 12.8 Å². The van der Waals surface area contributed by atoms with Crippen LogP contribution in [0.1, 0.15) is 67.0 Å². The highest BCUT2D eigenvalue weighted by molar-refractivity contribution is 5.91. The average molecular weight is 432 g/mol. The van der Waals surface area contributed by atoms with E-state index in [4.69, 9.17) is 15.2 Å². The minimum absolute atomic E-state index is 0.104. The molecule has 0 saturated carbocycles. The summed E-state index contributed by atoms with van der Waals surface area (Å²) in [6, 6.07) is 5.22. The summed E-state index contributed by atoms with van der Waals surface area (Å²) in [4.78, 5) is 25.7. The summed E-state index contributed by atoms with van der Waals surface area (Å²) in [5.41, 5.74) is 6.28. The molecule has 0 spiro atoms. The lowest BCUT2D eigenvalue weighted by Gasteiger charge is -2.26. The van der Waals surface area contributed by atoms with Crippen molar-refractivity contribution in [3.8, 4) is 5.75 Å². The van der Waals surface area contributed by atoms with Crippen LogP contribution in [0.2, 0.25) is 0 Å². The summed E-state index contributed by atoms with van der Waals surface area (Å²) in [7, 11) is 0. The number of benzene rings is 1. The Bertz CT molecular complexity index is 981. The number of hydrogen-bond donors (Lipinski definition) is 2. The first-order chi connectivity index (χ1) is 14.3. The molecule has 1 heterocycles. The maximum absolute atomic E-state index is 13.4. The molecular weight excluding hydrogens is 394 g/mol. The van der Waals surface area contributed by atoms with Crippen molar-refractivity contribution in [2.75, 3.05) is 12.3 Å². The normalized spacial score (nSPS) is 12.1. The Hall–Kier alpha value is -2.70. The molecule has 0 unspecified atom stereocenters. The van der Waals surface area contributed by atoms with Crippen molar-refractivity contribution >= 4 is 22.6 Å². The van der Waals surface area contributed by atoms with Crippen molar-refractivity contribution in [2.24, 2.45) is 5.41 Å². The van der Waals surface area contributed by atoms with E-state index >= 15 is 0 Å². The van der Waals surface area contributed by atoms with E-state index in [0.29, 0.717) is 41.1 Å². The molecule has 1 aromatic carbocycles. The lowest BCUT2D eigenvalue weighted by molar-refractivity contribution is 0.0521. The van der Waals surface area contributed by atoms with Crippen LogP contribution in [0, 0.1) is 5.41 Å². The Balaban J connectivity index is 2.64. The lowest BCUT2D eigenvalue weighted by Crippen LogP contribution is -2.36. The number of unbranched alkanes of at least 4 members (excludes halogenated alkanes) is 1. The number of nitrogens with two attached hydrogens (primary N) is 1. The number of alkyl carbamates (subject to hydrolysis) is 1. The van der Waals surface area contributed by atoms with Crippen LogP contribution in [0.25, 0.3) is 10.8 Å². The summed E-state index contributed by atoms with van der Waals surface area (Å²) in [6.07, 6.45) is 1.31. The summed E-state index contributed by atoms with van der Waals surface area (Å²) >= 11 is 0.